The van der Waals surface area contributed by atoms with E-state index < -0.39 is 29.9 Å². The average molecular weight is 470 g/mol. The average Bonchev–Trinajstić information content (AvgIpc) is 2.84. The predicted molar refractivity (Wildman–Crippen MR) is 125 cm³/mol. The van der Waals surface area contributed by atoms with Crippen molar-refractivity contribution >= 4 is 23.9 Å². The maximum atomic E-state index is 12.5. The predicted octanol–water partition coefficient (Wildman–Crippen LogP) is 2.30. The number of hydrogen-bond acceptors (Lipinski definition) is 6. The molecule has 0 aliphatic rings. The SMILES string of the molecule is CC(C)C[C@H](NC(=O)CNC(=O)CNC(=O)OCc1ccccc1)C(=O)OCc1ccccc1. The van der Waals surface area contributed by atoms with Crippen molar-refractivity contribution in [1.29, 1.82) is 0 Å². The van der Waals surface area contributed by atoms with Gasteiger partial charge in [-0.15, -0.1) is 0 Å². The van der Waals surface area contributed by atoms with Crippen LogP contribution < -0.4 is 16.0 Å². The number of alkyl carbamates (subject to hydrolysis) is 1. The van der Waals surface area contributed by atoms with Gasteiger partial charge in [-0.05, 0) is 23.5 Å². The van der Waals surface area contributed by atoms with Gasteiger partial charge in [-0.3, -0.25) is 9.59 Å². The number of ether oxygens (including phenoxy) is 2. The molecule has 2 aromatic rings. The van der Waals surface area contributed by atoms with Crippen LogP contribution in [0.25, 0.3) is 0 Å². The van der Waals surface area contributed by atoms with Gasteiger partial charge in [0.1, 0.15) is 25.8 Å². The summed E-state index contributed by atoms with van der Waals surface area (Å²) in [5.74, 6) is -1.52. The molecule has 0 bridgehead atoms. The highest BCUT2D eigenvalue weighted by molar-refractivity contribution is 5.89. The lowest BCUT2D eigenvalue weighted by Crippen LogP contribution is -2.48. The summed E-state index contributed by atoms with van der Waals surface area (Å²) in [4.78, 5) is 48.4. The van der Waals surface area contributed by atoms with Crippen molar-refractivity contribution in [3.63, 3.8) is 0 Å². The third kappa shape index (κ3) is 10.6. The maximum Gasteiger partial charge on any atom is 0.407 e. The monoisotopic (exact) mass is 469 g/mol. The van der Waals surface area contributed by atoms with Crippen molar-refractivity contribution in [2.45, 2.75) is 39.5 Å². The van der Waals surface area contributed by atoms with E-state index in [2.05, 4.69) is 16.0 Å². The molecule has 0 fully saturated rings. The molecule has 0 saturated carbocycles. The van der Waals surface area contributed by atoms with Gasteiger partial charge in [-0.1, -0.05) is 74.5 Å². The molecule has 0 aliphatic carbocycles. The summed E-state index contributed by atoms with van der Waals surface area (Å²) >= 11 is 0. The first-order chi connectivity index (χ1) is 16.3. The number of benzene rings is 2. The summed E-state index contributed by atoms with van der Waals surface area (Å²) in [6, 6.07) is 17.5. The van der Waals surface area contributed by atoms with Gasteiger partial charge in [-0.25, -0.2) is 9.59 Å². The van der Waals surface area contributed by atoms with Crippen molar-refractivity contribution in [2.75, 3.05) is 13.1 Å². The Bertz CT molecular complexity index is 934. The van der Waals surface area contributed by atoms with Gasteiger partial charge in [-0.2, -0.15) is 0 Å². The molecule has 0 spiro atoms. The molecule has 2 aromatic carbocycles. The second kappa shape index (κ2) is 14.3. The van der Waals surface area contributed by atoms with Gasteiger partial charge < -0.3 is 25.4 Å². The lowest BCUT2D eigenvalue weighted by atomic mass is 10.0. The largest absolute Gasteiger partial charge is 0.459 e. The van der Waals surface area contributed by atoms with Crippen LogP contribution in [0.4, 0.5) is 4.79 Å². The summed E-state index contributed by atoms with van der Waals surface area (Å²) < 4.78 is 10.3. The molecular formula is C25H31N3O6. The first kappa shape index (κ1) is 26.4. The molecule has 3 N–H and O–H groups in total. The van der Waals surface area contributed by atoms with Crippen LogP contribution in [0.15, 0.2) is 60.7 Å². The Kier molecular flexibility index (Phi) is 11.1. The summed E-state index contributed by atoms with van der Waals surface area (Å²) in [7, 11) is 0. The van der Waals surface area contributed by atoms with Gasteiger partial charge in [0.25, 0.3) is 0 Å². The molecule has 2 rings (SSSR count). The van der Waals surface area contributed by atoms with Gasteiger partial charge in [0.15, 0.2) is 0 Å². The minimum absolute atomic E-state index is 0.0777. The van der Waals surface area contributed by atoms with Gasteiger partial charge in [0, 0.05) is 0 Å². The second-order valence-corrected chi connectivity index (χ2v) is 8.03. The number of carbonyl (C=O) groups excluding carboxylic acids is 4. The van der Waals surface area contributed by atoms with E-state index in [1.807, 2.05) is 74.5 Å². The summed E-state index contributed by atoms with van der Waals surface area (Å²) in [5.41, 5.74) is 1.66. The Morgan fingerprint density at radius 2 is 1.26 bits per heavy atom. The zero-order valence-electron chi connectivity index (χ0n) is 19.4. The molecule has 0 saturated heterocycles. The van der Waals surface area contributed by atoms with E-state index in [1.54, 1.807) is 0 Å². The third-order valence-electron chi connectivity index (χ3n) is 4.60. The highest BCUT2D eigenvalue weighted by Gasteiger charge is 2.23. The van der Waals surface area contributed by atoms with Crippen LogP contribution in [0.5, 0.6) is 0 Å². The maximum absolute atomic E-state index is 12.5. The van der Waals surface area contributed by atoms with E-state index in [-0.39, 0.29) is 32.2 Å². The Labute approximate surface area is 199 Å². The number of amides is 3. The van der Waals surface area contributed by atoms with Crippen LogP contribution in [0.2, 0.25) is 0 Å². The fourth-order valence-corrected chi connectivity index (χ4v) is 2.93. The standard InChI is InChI=1S/C25H31N3O6/c1-18(2)13-21(24(31)33-16-19-9-5-3-6-10-19)28-23(30)15-26-22(29)14-27-25(32)34-17-20-11-7-4-8-12-20/h3-12,18,21H,13-17H2,1-2H3,(H,26,29)(H,27,32)(H,28,30)/t21-/m0/s1. The van der Waals surface area contributed by atoms with E-state index in [0.29, 0.717) is 6.42 Å². The summed E-state index contributed by atoms with van der Waals surface area (Å²) in [5, 5.41) is 7.31. The van der Waals surface area contributed by atoms with E-state index in [4.69, 9.17) is 9.47 Å². The molecule has 1 atom stereocenters. The van der Waals surface area contributed by atoms with Crippen LogP contribution in [0.1, 0.15) is 31.4 Å². The van der Waals surface area contributed by atoms with Gasteiger partial charge in [0.05, 0.1) is 6.54 Å². The Morgan fingerprint density at radius 1 is 0.735 bits per heavy atom. The molecule has 34 heavy (non-hydrogen) atoms. The van der Waals surface area contributed by atoms with Crippen LogP contribution in [-0.4, -0.2) is 43.0 Å². The molecular weight excluding hydrogens is 438 g/mol. The molecule has 9 nitrogen and oxygen atoms in total. The molecule has 3 amide bonds. The molecule has 0 heterocycles. The van der Waals surface area contributed by atoms with Crippen LogP contribution in [0, 0.1) is 5.92 Å². The first-order valence-corrected chi connectivity index (χ1v) is 11.0. The zero-order chi connectivity index (χ0) is 24.8. The molecule has 0 unspecified atom stereocenters. The number of carbonyl (C=O) groups is 4. The van der Waals surface area contributed by atoms with Crippen LogP contribution in [0.3, 0.4) is 0 Å². The normalized spacial score (nSPS) is 11.3. The lowest BCUT2D eigenvalue weighted by Gasteiger charge is -2.19. The number of esters is 1. The first-order valence-electron chi connectivity index (χ1n) is 11.0. The van der Waals surface area contributed by atoms with E-state index >= 15 is 0 Å². The van der Waals surface area contributed by atoms with Crippen molar-refractivity contribution in [3.05, 3.63) is 71.8 Å². The fraction of sp³-hybridized carbons (Fsp3) is 0.360. The van der Waals surface area contributed by atoms with E-state index in [1.165, 1.54) is 0 Å². The number of hydrogen-bond donors (Lipinski definition) is 3. The van der Waals surface area contributed by atoms with Crippen molar-refractivity contribution in [2.24, 2.45) is 5.92 Å². The van der Waals surface area contributed by atoms with E-state index in [0.717, 1.165) is 11.1 Å². The van der Waals surface area contributed by atoms with Crippen molar-refractivity contribution in [3.8, 4) is 0 Å². The summed E-state index contributed by atoms with van der Waals surface area (Å²) in [6.45, 7) is 3.33. The number of nitrogens with one attached hydrogen (secondary N) is 3. The van der Waals surface area contributed by atoms with Gasteiger partial charge in [0.2, 0.25) is 11.8 Å². The van der Waals surface area contributed by atoms with Crippen LogP contribution in [-0.2, 0) is 37.1 Å². The smallest absolute Gasteiger partial charge is 0.407 e. The molecule has 0 aromatic heterocycles. The molecule has 0 aliphatic heterocycles. The topological polar surface area (TPSA) is 123 Å². The summed E-state index contributed by atoms with van der Waals surface area (Å²) in [6.07, 6.45) is -0.358. The molecule has 0 radical (unpaired) electrons. The molecule has 182 valence electrons. The van der Waals surface area contributed by atoms with Crippen LogP contribution >= 0.6 is 0 Å². The second-order valence-electron chi connectivity index (χ2n) is 8.03. The number of rotatable bonds is 12. The molecule has 9 heteroatoms. The Morgan fingerprint density at radius 3 is 1.82 bits per heavy atom. The highest BCUT2D eigenvalue weighted by atomic mass is 16.5. The minimum Gasteiger partial charge on any atom is -0.459 e. The van der Waals surface area contributed by atoms with E-state index in [9.17, 15) is 19.2 Å². The minimum atomic E-state index is -0.834. The van der Waals surface area contributed by atoms with Crippen molar-refractivity contribution in [1.82, 2.24) is 16.0 Å². The zero-order valence-corrected chi connectivity index (χ0v) is 19.4. The van der Waals surface area contributed by atoms with Crippen molar-refractivity contribution < 1.29 is 28.7 Å². The lowest BCUT2D eigenvalue weighted by molar-refractivity contribution is -0.149. The Hall–Kier alpha value is -3.88. The van der Waals surface area contributed by atoms with Gasteiger partial charge >= 0.3 is 12.1 Å². The highest BCUT2D eigenvalue weighted by Crippen LogP contribution is 2.09. The quantitative estimate of drug-likeness (QED) is 0.410. The third-order valence-corrected chi connectivity index (χ3v) is 4.60. The fourth-order valence-electron chi connectivity index (χ4n) is 2.93. The Balaban J connectivity index is 1.70.